The van der Waals surface area contributed by atoms with E-state index in [1.807, 2.05) is 0 Å². The minimum Gasteiger partial charge on any atom is -0.370 e. The molecular weight excluding hydrogens is 196 g/mol. The summed E-state index contributed by atoms with van der Waals surface area (Å²) in [6, 6.07) is 10.6. The van der Waals surface area contributed by atoms with Gasteiger partial charge >= 0.3 is 0 Å². The van der Waals surface area contributed by atoms with Crippen molar-refractivity contribution in [1.29, 1.82) is 0 Å². The zero-order chi connectivity index (χ0) is 11.4. The molecule has 86 valence electrons. The van der Waals surface area contributed by atoms with Gasteiger partial charge in [0, 0.05) is 0 Å². The Morgan fingerprint density at radius 2 is 1.88 bits per heavy atom. The Labute approximate surface area is 98.1 Å². The van der Waals surface area contributed by atoms with Crippen molar-refractivity contribution in [3.8, 4) is 0 Å². The average molecular weight is 216 g/mol. The Hall–Kier alpha value is -1.08. The molecule has 0 radical (unpaired) electrons. The van der Waals surface area contributed by atoms with E-state index in [9.17, 15) is 0 Å². The van der Waals surface area contributed by atoms with E-state index in [1.54, 1.807) is 0 Å². The Balaban J connectivity index is 1.64. The summed E-state index contributed by atoms with van der Waals surface area (Å²) in [7, 11) is 0. The molecule has 0 unspecified atom stereocenters. The number of hydrogen-bond donors (Lipinski definition) is 0. The van der Waals surface area contributed by atoms with Crippen molar-refractivity contribution < 1.29 is 4.74 Å². The van der Waals surface area contributed by atoms with E-state index < -0.39 is 0 Å². The van der Waals surface area contributed by atoms with Crippen LogP contribution in [0.1, 0.15) is 31.7 Å². The highest BCUT2D eigenvalue weighted by molar-refractivity contribution is 5.15. The van der Waals surface area contributed by atoms with Gasteiger partial charge in [0.25, 0.3) is 0 Å². The summed E-state index contributed by atoms with van der Waals surface area (Å²) in [5.41, 5.74) is 2.67. The lowest BCUT2D eigenvalue weighted by Crippen LogP contribution is -1.97. The average Bonchev–Trinajstić information content (AvgIpc) is 3.04. The number of hydrogen-bond acceptors (Lipinski definition) is 1. The van der Waals surface area contributed by atoms with Gasteiger partial charge in [-0.2, -0.15) is 0 Å². The number of benzene rings is 1. The van der Waals surface area contributed by atoms with Gasteiger partial charge in [0.15, 0.2) is 0 Å². The first kappa shape index (κ1) is 11.4. The Morgan fingerprint density at radius 3 is 2.56 bits per heavy atom. The van der Waals surface area contributed by atoms with E-state index in [2.05, 4.69) is 43.8 Å². The molecule has 1 saturated heterocycles. The van der Waals surface area contributed by atoms with Crippen LogP contribution in [0, 0.1) is 0 Å². The Morgan fingerprint density at radius 1 is 1.19 bits per heavy atom. The highest BCUT2D eigenvalue weighted by Gasteiger charge is 2.37. The molecule has 1 fully saturated rings. The smallest absolute Gasteiger partial charge is 0.0845 e. The second kappa shape index (κ2) is 5.31. The molecule has 0 N–H and O–H groups in total. The van der Waals surface area contributed by atoms with Crippen molar-refractivity contribution in [2.45, 2.75) is 44.8 Å². The highest BCUT2D eigenvalue weighted by Crippen LogP contribution is 2.31. The van der Waals surface area contributed by atoms with Crippen LogP contribution >= 0.6 is 0 Å². The van der Waals surface area contributed by atoms with Crippen molar-refractivity contribution in [2.24, 2.45) is 0 Å². The van der Waals surface area contributed by atoms with Gasteiger partial charge in [-0.05, 0) is 38.2 Å². The standard InChI is InChI=1S/C15H20O/c1-12(2)8-10-14-15(16-14)11-9-13-6-4-3-5-7-13/h3-7,14-15H,1,8-11H2,2H3/t14-,15+/m0/s1. The zero-order valence-corrected chi connectivity index (χ0v) is 9.99. The van der Waals surface area contributed by atoms with E-state index in [0.717, 1.165) is 25.7 Å². The molecule has 1 nitrogen and oxygen atoms in total. The summed E-state index contributed by atoms with van der Waals surface area (Å²) in [4.78, 5) is 0. The Kier molecular flexibility index (Phi) is 3.79. The van der Waals surface area contributed by atoms with Crippen LogP contribution in [0.4, 0.5) is 0 Å². The molecule has 16 heavy (non-hydrogen) atoms. The first-order chi connectivity index (χ1) is 7.75. The number of rotatable bonds is 6. The van der Waals surface area contributed by atoms with Crippen molar-refractivity contribution in [1.82, 2.24) is 0 Å². The zero-order valence-electron chi connectivity index (χ0n) is 9.99. The fourth-order valence-electron chi connectivity index (χ4n) is 2.03. The van der Waals surface area contributed by atoms with Gasteiger partial charge in [0.2, 0.25) is 0 Å². The number of ether oxygens (including phenoxy) is 1. The summed E-state index contributed by atoms with van der Waals surface area (Å²) >= 11 is 0. The van der Waals surface area contributed by atoms with E-state index in [-0.39, 0.29) is 0 Å². The largest absolute Gasteiger partial charge is 0.370 e. The second-order valence-corrected chi connectivity index (χ2v) is 4.73. The maximum atomic E-state index is 5.65. The molecule has 1 heterocycles. The topological polar surface area (TPSA) is 12.5 Å². The minimum absolute atomic E-state index is 0.500. The second-order valence-electron chi connectivity index (χ2n) is 4.73. The number of allylic oxidation sites excluding steroid dienone is 1. The molecule has 1 aromatic carbocycles. The van der Waals surface area contributed by atoms with Crippen LogP contribution in [0.15, 0.2) is 42.5 Å². The van der Waals surface area contributed by atoms with Crippen LogP contribution in [0.5, 0.6) is 0 Å². The SMILES string of the molecule is C=C(C)CC[C@@H]1O[C@@H]1CCc1ccccc1. The van der Waals surface area contributed by atoms with Gasteiger partial charge in [0.1, 0.15) is 0 Å². The van der Waals surface area contributed by atoms with Gasteiger partial charge in [0.05, 0.1) is 12.2 Å². The molecule has 1 aliphatic rings. The Bertz CT molecular complexity index is 342. The maximum absolute atomic E-state index is 5.65. The van der Waals surface area contributed by atoms with E-state index in [1.165, 1.54) is 11.1 Å². The monoisotopic (exact) mass is 216 g/mol. The van der Waals surface area contributed by atoms with Crippen LogP contribution in [-0.4, -0.2) is 12.2 Å². The van der Waals surface area contributed by atoms with Gasteiger partial charge in [-0.15, -0.1) is 6.58 Å². The lowest BCUT2D eigenvalue weighted by Gasteiger charge is -1.98. The molecule has 0 amide bonds. The summed E-state index contributed by atoms with van der Waals surface area (Å²) in [6.07, 6.45) is 5.54. The summed E-state index contributed by atoms with van der Waals surface area (Å²) in [5.74, 6) is 0. The van der Waals surface area contributed by atoms with Crippen LogP contribution < -0.4 is 0 Å². The van der Waals surface area contributed by atoms with Crippen LogP contribution in [0.2, 0.25) is 0 Å². The minimum atomic E-state index is 0.500. The molecule has 0 saturated carbocycles. The third-order valence-corrected chi connectivity index (χ3v) is 3.10. The molecule has 1 heteroatoms. The summed E-state index contributed by atoms with van der Waals surface area (Å²) < 4.78 is 5.65. The lowest BCUT2D eigenvalue weighted by molar-refractivity contribution is 0.356. The maximum Gasteiger partial charge on any atom is 0.0845 e. The van der Waals surface area contributed by atoms with E-state index in [4.69, 9.17) is 4.74 Å². The molecule has 2 atom stereocenters. The summed E-state index contributed by atoms with van der Waals surface area (Å²) in [5, 5.41) is 0. The predicted molar refractivity (Wildman–Crippen MR) is 67.5 cm³/mol. The molecule has 2 rings (SSSR count). The lowest BCUT2D eigenvalue weighted by atomic mass is 10.0. The number of epoxide rings is 1. The highest BCUT2D eigenvalue weighted by atomic mass is 16.6. The first-order valence-corrected chi connectivity index (χ1v) is 6.09. The molecule has 1 aliphatic heterocycles. The molecule has 0 aliphatic carbocycles. The van der Waals surface area contributed by atoms with Gasteiger partial charge < -0.3 is 4.74 Å². The van der Waals surface area contributed by atoms with Gasteiger partial charge in [-0.1, -0.05) is 35.9 Å². The number of aryl methyl sites for hydroxylation is 1. The van der Waals surface area contributed by atoms with Crippen molar-refractivity contribution >= 4 is 0 Å². The van der Waals surface area contributed by atoms with Crippen LogP contribution in [-0.2, 0) is 11.2 Å². The van der Waals surface area contributed by atoms with Crippen molar-refractivity contribution in [3.05, 3.63) is 48.0 Å². The first-order valence-electron chi connectivity index (χ1n) is 6.09. The van der Waals surface area contributed by atoms with Gasteiger partial charge in [-0.3, -0.25) is 0 Å². The molecule has 0 aromatic heterocycles. The quantitative estimate of drug-likeness (QED) is 0.521. The molecule has 0 bridgehead atoms. The summed E-state index contributed by atoms with van der Waals surface area (Å²) in [6.45, 7) is 6.00. The fraction of sp³-hybridized carbons (Fsp3) is 0.467. The third-order valence-electron chi connectivity index (χ3n) is 3.10. The van der Waals surface area contributed by atoms with E-state index >= 15 is 0 Å². The molecule has 1 aromatic rings. The predicted octanol–water partition coefficient (Wildman–Crippen LogP) is 3.74. The fourth-order valence-corrected chi connectivity index (χ4v) is 2.03. The van der Waals surface area contributed by atoms with E-state index in [0.29, 0.717) is 12.2 Å². The molecule has 0 spiro atoms. The molecular formula is C15H20O. The van der Waals surface area contributed by atoms with Gasteiger partial charge in [-0.25, -0.2) is 0 Å². The third kappa shape index (κ3) is 3.49. The normalized spacial score (nSPS) is 23.1. The van der Waals surface area contributed by atoms with Crippen LogP contribution in [0.3, 0.4) is 0 Å². The van der Waals surface area contributed by atoms with Crippen molar-refractivity contribution in [3.63, 3.8) is 0 Å². The van der Waals surface area contributed by atoms with Crippen LogP contribution in [0.25, 0.3) is 0 Å². The van der Waals surface area contributed by atoms with Crippen molar-refractivity contribution in [2.75, 3.05) is 0 Å².